The molecule has 0 bridgehead atoms. The number of nitrogens with one attached hydrogen (secondary N) is 1. The minimum Gasteiger partial charge on any atom is -0.355 e. The van der Waals surface area contributed by atoms with E-state index in [9.17, 15) is 4.79 Å². The number of aromatic nitrogens is 2. The average molecular weight is 318 g/mol. The molecule has 6 heteroatoms. The summed E-state index contributed by atoms with van der Waals surface area (Å²) in [4.78, 5) is 20.3. The van der Waals surface area contributed by atoms with Crippen LogP contribution in [-0.2, 0) is 24.2 Å². The number of hydrogen-bond donors (Lipinski definition) is 1. The molecule has 0 saturated heterocycles. The van der Waals surface area contributed by atoms with E-state index in [0.29, 0.717) is 19.0 Å². The zero-order valence-electron chi connectivity index (χ0n) is 13.1. The molecular weight excluding hydrogens is 296 g/mol. The minimum atomic E-state index is 0.0491. The molecule has 118 valence electrons. The van der Waals surface area contributed by atoms with E-state index in [0.717, 1.165) is 31.0 Å². The Hall–Kier alpha value is -1.66. The summed E-state index contributed by atoms with van der Waals surface area (Å²) in [5.74, 6) is 1.11. The van der Waals surface area contributed by atoms with Crippen LogP contribution < -0.4 is 5.32 Å². The van der Waals surface area contributed by atoms with Gasteiger partial charge in [-0.25, -0.2) is 4.98 Å². The Morgan fingerprint density at radius 3 is 3.14 bits per heavy atom. The first-order valence-corrected chi connectivity index (χ1v) is 8.56. The maximum Gasteiger partial charge on any atom is 0.226 e. The third kappa shape index (κ3) is 3.39. The summed E-state index contributed by atoms with van der Waals surface area (Å²) in [5.41, 5.74) is 0.866. The Bertz CT molecular complexity index is 635. The summed E-state index contributed by atoms with van der Waals surface area (Å²) in [6.45, 7) is 4.81. The number of amides is 1. The second kappa shape index (κ2) is 6.62. The van der Waals surface area contributed by atoms with E-state index in [2.05, 4.69) is 45.2 Å². The molecule has 0 saturated carbocycles. The quantitative estimate of drug-likeness (QED) is 0.915. The van der Waals surface area contributed by atoms with Crippen LogP contribution in [0.5, 0.6) is 0 Å². The summed E-state index contributed by atoms with van der Waals surface area (Å²) in [6, 6.07) is 4.44. The standard InChI is InChI=1S/C16H22N4OS/c1-12-16-18-13(11-20(16)8-7-19(12)2)10-15(21)17-6-5-14-4-3-9-22-14/h3-4,9,11-12H,5-8,10H2,1-2H3,(H,17,21)/t12-/m0/s1. The van der Waals surface area contributed by atoms with Crippen LogP contribution in [0.4, 0.5) is 0 Å². The predicted octanol–water partition coefficient (Wildman–Crippen LogP) is 1.85. The van der Waals surface area contributed by atoms with Crippen molar-refractivity contribution in [3.63, 3.8) is 0 Å². The van der Waals surface area contributed by atoms with Crippen LogP contribution in [0.3, 0.4) is 0 Å². The minimum absolute atomic E-state index is 0.0491. The lowest BCUT2D eigenvalue weighted by molar-refractivity contribution is -0.120. The largest absolute Gasteiger partial charge is 0.355 e. The SMILES string of the molecule is C[C@H]1c2nc(CC(=O)NCCc3cccs3)cn2CCN1C. The molecule has 1 atom stereocenters. The van der Waals surface area contributed by atoms with E-state index in [-0.39, 0.29) is 5.91 Å². The average Bonchev–Trinajstić information content (AvgIpc) is 3.12. The van der Waals surface area contributed by atoms with Crippen molar-refractivity contribution in [2.45, 2.75) is 32.4 Å². The second-order valence-electron chi connectivity index (χ2n) is 5.80. The van der Waals surface area contributed by atoms with E-state index in [1.165, 1.54) is 4.88 Å². The number of rotatable bonds is 5. The zero-order valence-corrected chi connectivity index (χ0v) is 13.9. The van der Waals surface area contributed by atoms with Gasteiger partial charge in [-0.1, -0.05) is 6.07 Å². The molecule has 0 spiro atoms. The van der Waals surface area contributed by atoms with E-state index in [4.69, 9.17) is 0 Å². The molecule has 1 aliphatic heterocycles. The summed E-state index contributed by atoms with van der Waals surface area (Å²) in [7, 11) is 2.11. The maximum absolute atomic E-state index is 12.0. The molecule has 0 radical (unpaired) electrons. The lowest BCUT2D eigenvalue weighted by Gasteiger charge is -2.30. The maximum atomic E-state index is 12.0. The Balaban J connectivity index is 1.52. The molecule has 0 aromatic carbocycles. The molecule has 22 heavy (non-hydrogen) atoms. The van der Waals surface area contributed by atoms with Crippen LogP contribution >= 0.6 is 11.3 Å². The van der Waals surface area contributed by atoms with Gasteiger partial charge in [0.05, 0.1) is 18.2 Å². The molecule has 2 aromatic heterocycles. The second-order valence-corrected chi connectivity index (χ2v) is 6.83. The Morgan fingerprint density at radius 2 is 2.36 bits per heavy atom. The molecule has 5 nitrogen and oxygen atoms in total. The Labute approximate surface area is 135 Å². The van der Waals surface area contributed by atoms with Gasteiger partial charge in [0.15, 0.2) is 0 Å². The van der Waals surface area contributed by atoms with Gasteiger partial charge in [-0.2, -0.15) is 0 Å². The van der Waals surface area contributed by atoms with E-state index >= 15 is 0 Å². The van der Waals surface area contributed by atoms with E-state index < -0.39 is 0 Å². The molecule has 2 aromatic rings. The molecule has 1 amide bonds. The number of hydrogen-bond acceptors (Lipinski definition) is 4. The number of imidazole rings is 1. The monoisotopic (exact) mass is 318 g/mol. The van der Waals surface area contributed by atoms with Crippen molar-refractivity contribution in [1.82, 2.24) is 19.8 Å². The first-order chi connectivity index (χ1) is 10.6. The molecule has 0 aliphatic carbocycles. The van der Waals surface area contributed by atoms with Crippen LogP contribution in [0.2, 0.25) is 0 Å². The van der Waals surface area contributed by atoms with Crippen LogP contribution in [0.1, 0.15) is 29.4 Å². The Kier molecular flexibility index (Phi) is 4.59. The fourth-order valence-corrected chi connectivity index (χ4v) is 3.46. The van der Waals surface area contributed by atoms with Crippen molar-refractivity contribution in [2.24, 2.45) is 0 Å². The topological polar surface area (TPSA) is 50.2 Å². The number of fused-ring (bicyclic) bond motifs is 1. The van der Waals surface area contributed by atoms with Crippen molar-refractivity contribution in [2.75, 3.05) is 20.1 Å². The number of carbonyl (C=O) groups excluding carboxylic acids is 1. The van der Waals surface area contributed by atoms with Crippen molar-refractivity contribution in [1.29, 1.82) is 0 Å². The highest BCUT2D eigenvalue weighted by Crippen LogP contribution is 2.22. The highest BCUT2D eigenvalue weighted by atomic mass is 32.1. The van der Waals surface area contributed by atoms with E-state index in [1.807, 2.05) is 12.3 Å². The van der Waals surface area contributed by atoms with Gasteiger partial charge in [0.25, 0.3) is 0 Å². The van der Waals surface area contributed by atoms with Gasteiger partial charge in [-0.15, -0.1) is 11.3 Å². The molecule has 3 rings (SSSR count). The zero-order chi connectivity index (χ0) is 15.5. The summed E-state index contributed by atoms with van der Waals surface area (Å²) in [6.07, 6.45) is 3.28. The fourth-order valence-electron chi connectivity index (χ4n) is 2.75. The lowest BCUT2D eigenvalue weighted by Crippen LogP contribution is -2.33. The third-order valence-electron chi connectivity index (χ3n) is 4.20. The smallest absolute Gasteiger partial charge is 0.226 e. The predicted molar refractivity (Wildman–Crippen MR) is 88.0 cm³/mol. The van der Waals surface area contributed by atoms with Gasteiger partial charge < -0.3 is 9.88 Å². The number of likely N-dealkylation sites (N-methyl/N-ethyl adjacent to an activating group) is 1. The number of nitrogens with zero attached hydrogens (tertiary/aromatic N) is 3. The van der Waals surface area contributed by atoms with Gasteiger partial charge >= 0.3 is 0 Å². The molecule has 3 heterocycles. The molecule has 0 fully saturated rings. The van der Waals surface area contributed by atoms with Gasteiger partial charge in [-0.05, 0) is 31.8 Å². The van der Waals surface area contributed by atoms with E-state index in [1.54, 1.807) is 11.3 Å². The van der Waals surface area contributed by atoms with Crippen LogP contribution in [0, 0.1) is 0 Å². The molecule has 1 aliphatic rings. The van der Waals surface area contributed by atoms with Gasteiger partial charge in [0.2, 0.25) is 5.91 Å². The summed E-state index contributed by atoms with van der Waals surface area (Å²) >= 11 is 1.73. The van der Waals surface area contributed by atoms with Crippen LogP contribution in [0.15, 0.2) is 23.7 Å². The first-order valence-electron chi connectivity index (χ1n) is 7.69. The normalized spacial score (nSPS) is 18.2. The number of thiophene rings is 1. The molecule has 1 N–H and O–H groups in total. The highest BCUT2D eigenvalue weighted by Gasteiger charge is 2.23. The first kappa shape index (κ1) is 15.2. The van der Waals surface area contributed by atoms with Gasteiger partial charge in [0.1, 0.15) is 5.82 Å². The number of carbonyl (C=O) groups is 1. The fraction of sp³-hybridized carbons (Fsp3) is 0.500. The Morgan fingerprint density at radius 1 is 1.50 bits per heavy atom. The van der Waals surface area contributed by atoms with Crippen molar-refractivity contribution in [3.05, 3.63) is 40.1 Å². The summed E-state index contributed by atoms with van der Waals surface area (Å²) in [5, 5.41) is 5.04. The highest BCUT2D eigenvalue weighted by molar-refractivity contribution is 7.09. The summed E-state index contributed by atoms with van der Waals surface area (Å²) < 4.78 is 2.18. The van der Waals surface area contributed by atoms with Crippen molar-refractivity contribution < 1.29 is 4.79 Å². The van der Waals surface area contributed by atoms with Crippen molar-refractivity contribution in [3.8, 4) is 0 Å². The van der Waals surface area contributed by atoms with Gasteiger partial charge in [0, 0.05) is 30.7 Å². The lowest BCUT2D eigenvalue weighted by atomic mass is 10.2. The van der Waals surface area contributed by atoms with Crippen molar-refractivity contribution >= 4 is 17.2 Å². The molecular formula is C16H22N4OS. The van der Waals surface area contributed by atoms with Crippen LogP contribution in [-0.4, -0.2) is 40.5 Å². The molecule has 0 unspecified atom stereocenters. The van der Waals surface area contributed by atoms with Crippen LogP contribution in [0.25, 0.3) is 0 Å². The third-order valence-corrected chi connectivity index (χ3v) is 5.14. The van der Waals surface area contributed by atoms with Gasteiger partial charge in [-0.3, -0.25) is 9.69 Å².